The zero-order valence-corrected chi connectivity index (χ0v) is 7.55. The molecule has 0 aromatic carbocycles. The lowest BCUT2D eigenvalue weighted by Crippen LogP contribution is -2.21. The van der Waals surface area contributed by atoms with Crippen LogP contribution in [-0.4, -0.2) is 12.5 Å². The summed E-state index contributed by atoms with van der Waals surface area (Å²) in [6, 6.07) is 1.84. The molecule has 0 aliphatic rings. The van der Waals surface area contributed by atoms with Crippen molar-refractivity contribution in [3.63, 3.8) is 0 Å². The Labute approximate surface area is 73.1 Å². The van der Waals surface area contributed by atoms with Gasteiger partial charge in [-0.25, -0.2) is 0 Å². The van der Waals surface area contributed by atoms with E-state index in [2.05, 4.69) is 12.2 Å². The van der Waals surface area contributed by atoms with Crippen molar-refractivity contribution in [2.24, 2.45) is 0 Å². The monoisotopic (exact) mass is 166 g/mol. The molecule has 12 heavy (non-hydrogen) atoms. The second-order valence-electron chi connectivity index (χ2n) is 2.62. The van der Waals surface area contributed by atoms with Gasteiger partial charge in [0, 0.05) is 6.08 Å². The highest BCUT2D eigenvalue weighted by Gasteiger charge is 1.95. The molecule has 0 aromatic rings. The zero-order valence-electron chi connectivity index (χ0n) is 7.55. The van der Waals surface area contributed by atoms with Gasteiger partial charge in [-0.05, 0) is 13.3 Å². The molecule has 0 spiro atoms. The molecule has 0 heterocycles. The molecule has 0 rings (SSSR count). The van der Waals surface area contributed by atoms with Gasteiger partial charge in [-0.2, -0.15) is 5.26 Å². The molecule has 3 nitrogen and oxygen atoms in total. The van der Waals surface area contributed by atoms with Crippen molar-refractivity contribution in [1.29, 1.82) is 5.26 Å². The Kier molecular flexibility index (Phi) is 5.72. The molecule has 66 valence electrons. The van der Waals surface area contributed by atoms with Crippen molar-refractivity contribution in [3.8, 4) is 6.07 Å². The first-order valence-corrected chi connectivity index (χ1v) is 4.02. The topological polar surface area (TPSA) is 52.9 Å². The Bertz CT molecular complexity index is 213. The van der Waals surface area contributed by atoms with Crippen LogP contribution >= 0.6 is 0 Å². The van der Waals surface area contributed by atoms with Crippen LogP contribution in [-0.2, 0) is 4.79 Å². The van der Waals surface area contributed by atoms with Crippen LogP contribution in [0.1, 0.15) is 26.7 Å². The van der Waals surface area contributed by atoms with Crippen LogP contribution in [0.15, 0.2) is 11.6 Å². The quantitative estimate of drug-likeness (QED) is 0.506. The standard InChI is InChI=1S/C9H14N2O/c1-3-4-8(2)7-9(12)11-6-5-10/h7H,3-4,6H2,1-2H3,(H,11,12)/b8-7+. The van der Waals surface area contributed by atoms with Crippen LogP contribution in [0.25, 0.3) is 0 Å². The summed E-state index contributed by atoms with van der Waals surface area (Å²) in [5.74, 6) is -0.178. The highest BCUT2D eigenvalue weighted by Crippen LogP contribution is 2.01. The third-order valence-corrected chi connectivity index (χ3v) is 1.36. The maximum absolute atomic E-state index is 10.9. The van der Waals surface area contributed by atoms with Gasteiger partial charge in [0.2, 0.25) is 5.91 Å². The minimum atomic E-state index is -0.178. The zero-order chi connectivity index (χ0) is 9.40. The van der Waals surface area contributed by atoms with Gasteiger partial charge in [0.15, 0.2) is 0 Å². The maximum Gasteiger partial charge on any atom is 0.244 e. The second kappa shape index (κ2) is 6.41. The molecule has 0 saturated carbocycles. The highest BCUT2D eigenvalue weighted by molar-refractivity contribution is 5.88. The molecule has 0 bridgehead atoms. The number of hydrogen-bond donors (Lipinski definition) is 1. The molecule has 0 saturated heterocycles. The van der Waals surface area contributed by atoms with Crippen LogP contribution in [0.3, 0.4) is 0 Å². The van der Waals surface area contributed by atoms with E-state index in [4.69, 9.17) is 5.26 Å². The van der Waals surface area contributed by atoms with E-state index in [1.165, 1.54) is 0 Å². The van der Waals surface area contributed by atoms with Crippen LogP contribution in [0, 0.1) is 11.3 Å². The lowest BCUT2D eigenvalue weighted by atomic mass is 10.1. The minimum absolute atomic E-state index is 0.0781. The molecule has 0 aliphatic carbocycles. The van der Waals surface area contributed by atoms with Crippen LogP contribution in [0.2, 0.25) is 0 Å². The van der Waals surface area contributed by atoms with Gasteiger partial charge in [-0.3, -0.25) is 4.79 Å². The van der Waals surface area contributed by atoms with Gasteiger partial charge < -0.3 is 5.32 Å². The molecule has 1 amide bonds. The van der Waals surface area contributed by atoms with Gasteiger partial charge in [-0.1, -0.05) is 18.9 Å². The van der Waals surface area contributed by atoms with Gasteiger partial charge >= 0.3 is 0 Å². The summed E-state index contributed by atoms with van der Waals surface area (Å²) in [5.41, 5.74) is 1.05. The van der Waals surface area contributed by atoms with Crippen molar-refractivity contribution in [2.75, 3.05) is 6.54 Å². The van der Waals surface area contributed by atoms with E-state index in [1.54, 1.807) is 6.08 Å². The third kappa shape index (κ3) is 5.48. The number of carbonyl (C=O) groups excluding carboxylic acids is 1. The Hall–Kier alpha value is -1.30. The molecule has 0 atom stereocenters. The minimum Gasteiger partial charge on any atom is -0.339 e. The predicted octanol–water partition coefficient (Wildman–Crippen LogP) is 1.37. The SMILES string of the molecule is CCC/C(C)=C/C(=O)NCC#N. The number of hydrogen-bond acceptors (Lipinski definition) is 2. The number of carbonyl (C=O) groups is 1. The predicted molar refractivity (Wildman–Crippen MR) is 47.3 cm³/mol. The van der Waals surface area contributed by atoms with Gasteiger partial charge in [0.25, 0.3) is 0 Å². The summed E-state index contributed by atoms with van der Waals surface area (Å²) < 4.78 is 0. The molecule has 0 radical (unpaired) electrons. The molecule has 0 unspecified atom stereocenters. The summed E-state index contributed by atoms with van der Waals surface area (Å²) in [6.45, 7) is 4.05. The maximum atomic E-state index is 10.9. The van der Waals surface area contributed by atoms with Crippen molar-refractivity contribution < 1.29 is 4.79 Å². The largest absolute Gasteiger partial charge is 0.339 e. The number of amides is 1. The Morgan fingerprint density at radius 2 is 2.33 bits per heavy atom. The van der Waals surface area contributed by atoms with Gasteiger partial charge in [0.1, 0.15) is 6.54 Å². The molecule has 0 aromatic heterocycles. The molecule has 0 aliphatic heterocycles. The number of nitrogens with zero attached hydrogens (tertiary/aromatic N) is 1. The van der Waals surface area contributed by atoms with E-state index in [1.807, 2.05) is 13.0 Å². The summed E-state index contributed by atoms with van der Waals surface area (Å²) in [6.07, 6.45) is 3.51. The van der Waals surface area contributed by atoms with Gasteiger partial charge in [-0.15, -0.1) is 0 Å². The Morgan fingerprint density at radius 1 is 1.67 bits per heavy atom. The van der Waals surface area contributed by atoms with Crippen LogP contribution < -0.4 is 5.32 Å². The normalized spacial score (nSPS) is 10.6. The number of nitriles is 1. The Morgan fingerprint density at radius 3 is 2.83 bits per heavy atom. The molecular weight excluding hydrogens is 152 g/mol. The molecular formula is C9H14N2O. The fourth-order valence-electron chi connectivity index (χ4n) is 0.868. The van der Waals surface area contributed by atoms with E-state index < -0.39 is 0 Å². The Balaban J connectivity index is 3.81. The number of allylic oxidation sites excluding steroid dienone is 1. The average molecular weight is 166 g/mol. The molecule has 3 heteroatoms. The fourth-order valence-corrected chi connectivity index (χ4v) is 0.868. The first-order chi connectivity index (χ1) is 5.70. The van der Waals surface area contributed by atoms with Gasteiger partial charge in [0.05, 0.1) is 6.07 Å². The van der Waals surface area contributed by atoms with E-state index in [0.29, 0.717) is 0 Å². The van der Waals surface area contributed by atoms with E-state index in [0.717, 1.165) is 18.4 Å². The van der Waals surface area contributed by atoms with E-state index in [-0.39, 0.29) is 12.5 Å². The van der Waals surface area contributed by atoms with Crippen molar-refractivity contribution in [3.05, 3.63) is 11.6 Å². The van der Waals surface area contributed by atoms with Crippen molar-refractivity contribution in [1.82, 2.24) is 5.32 Å². The average Bonchev–Trinajstić information content (AvgIpc) is 2.01. The summed E-state index contributed by atoms with van der Waals surface area (Å²) in [7, 11) is 0. The van der Waals surface area contributed by atoms with Crippen molar-refractivity contribution in [2.45, 2.75) is 26.7 Å². The lowest BCUT2D eigenvalue weighted by Gasteiger charge is -1.97. The first kappa shape index (κ1) is 10.7. The first-order valence-electron chi connectivity index (χ1n) is 4.02. The van der Waals surface area contributed by atoms with Crippen LogP contribution in [0.4, 0.5) is 0 Å². The lowest BCUT2D eigenvalue weighted by molar-refractivity contribution is -0.116. The van der Waals surface area contributed by atoms with Crippen LogP contribution in [0.5, 0.6) is 0 Å². The third-order valence-electron chi connectivity index (χ3n) is 1.36. The summed E-state index contributed by atoms with van der Waals surface area (Å²) in [5, 5.41) is 10.6. The summed E-state index contributed by atoms with van der Waals surface area (Å²) in [4.78, 5) is 10.9. The van der Waals surface area contributed by atoms with E-state index in [9.17, 15) is 4.79 Å². The van der Waals surface area contributed by atoms with E-state index >= 15 is 0 Å². The molecule has 0 fully saturated rings. The molecule has 1 N–H and O–H groups in total. The summed E-state index contributed by atoms with van der Waals surface area (Å²) >= 11 is 0. The highest BCUT2D eigenvalue weighted by atomic mass is 16.1. The fraction of sp³-hybridized carbons (Fsp3) is 0.556. The second-order valence-corrected chi connectivity index (χ2v) is 2.62. The number of nitrogens with one attached hydrogen (secondary N) is 1. The van der Waals surface area contributed by atoms with Crippen molar-refractivity contribution >= 4 is 5.91 Å². The smallest absolute Gasteiger partial charge is 0.244 e. The number of rotatable bonds is 4.